The van der Waals surface area contributed by atoms with E-state index in [1.54, 1.807) is 36.5 Å². The highest BCUT2D eigenvalue weighted by Gasteiger charge is 2.08. The van der Waals surface area contributed by atoms with E-state index < -0.39 is 0 Å². The Morgan fingerprint density at radius 1 is 1.04 bits per heavy atom. The molecule has 2 aromatic carbocycles. The van der Waals surface area contributed by atoms with Crippen molar-refractivity contribution in [3.05, 3.63) is 83.7 Å². The normalized spacial score (nSPS) is 9.92. The first-order valence-corrected chi connectivity index (χ1v) is 7.75. The van der Waals surface area contributed by atoms with Crippen LogP contribution in [0.4, 0.5) is 17.1 Å². The van der Waals surface area contributed by atoms with Crippen LogP contribution in [0.25, 0.3) is 0 Å². The molecule has 0 spiro atoms. The van der Waals surface area contributed by atoms with Crippen LogP contribution >= 0.6 is 0 Å². The SMILES string of the molecule is Cc1ccccc1Nc1cncc(C(=O)Nc2ccc(C#N)cc2)c1. The Morgan fingerprint density at radius 3 is 2.52 bits per heavy atom. The minimum Gasteiger partial charge on any atom is -0.354 e. The number of nitrogens with zero attached hydrogens (tertiary/aromatic N) is 2. The summed E-state index contributed by atoms with van der Waals surface area (Å²) in [5.74, 6) is -0.259. The first-order chi connectivity index (χ1) is 12.2. The lowest BCUT2D eigenvalue weighted by Gasteiger charge is -2.10. The second-order valence-electron chi connectivity index (χ2n) is 5.55. The van der Waals surface area contributed by atoms with Gasteiger partial charge in [0.2, 0.25) is 0 Å². The Kier molecular flexibility index (Phi) is 4.72. The number of hydrogen-bond donors (Lipinski definition) is 2. The Balaban J connectivity index is 1.75. The van der Waals surface area contributed by atoms with Crippen LogP contribution in [0.5, 0.6) is 0 Å². The van der Waals surface area contributed by atoms with Gasteiger partial charge in [-0.3, -0.25) is 9.78 Å². The van der Waals surface area contributed by atoms with E-state index in [9.17, 15) is 4.79 Å². The zero-order chi connectivity index (χ0) is 17.6. The molecule has 1 amide bonds. The number of amides is 1. The summed E-state index contributed by atoms with van der Waals surface area (Å²) in [5.41, 5.74) is 4.43. The summed E-state index contributed by atoms with van der Waals surface area (Å²) in [7, 11) is 0. The molecule has 0 fully saturated rings. The Morgan fingerprint density at radius 2 is 1.80 bits per heavy atom. The van der Waals surface area contributed by atoms with Crippen LogP contribution < -0.4 is 10.6 Å². The Labute approximate surface area is 146 Å². The number of anilines is 3. The van der Waals surface area contributed by atoms with Crippen molar-refractivity contribution in [1.82, 2.24) is 4.98 Å². The zero-order valence-corrected chi connectivity index (χ0v) is 13.7. The third-order valence-corrected chi connectivity index (χ3v) is 3.70. The van der Waals surface area contributed by atoms with Gasteiger partial charge in [-0.25, -0.2) is 0 Å². The second-order valence-corrected chi connectivity index (χ2v) is 5.55. The van der Waals surface area contributed by atoms with Gasteiger partial charge in [0.05, 0.1) is 29.1 Å². The van der Waals surface area contributed by atoms with E-state index in [1.165, 1.54) is 6.20 Å². The lowest BCUT2D eigenvalue weighted by Crippen LogP contribution is -2.12. The van der Waals surface area contributed by atoms with E-state index in [4.69, 9.17) is 5.26 Å². The molecule has 1 heterocycles. The van der Waals surface area contributed by atoms with Gasteiger partial charge in [-0.2, -0.15) is 5.26 Å². The van der Waals surface area contributed by atoms with Crippen LogP contribution in [0, 0.1) is 18.3 Å². The van der Waals surface area contributed by atoms with E-state index in [2.05, 4.69) is 15.6 Å². The highest BCUT2D eigenvalue weighted by Crippen LogP contribution is 2.20. The molecule has 5 nitrogen and oxygen atoms in total. The van der Waals surface area contributed by atoms with Crippen molar-refractivity contribution in [2.24, 2.45) is 0 Å². The molecule has 25 heavy (non-hydrogen) atoms. The third kappa shape index (κ3) is 4.01. The van der Waals surface area contributed by atoms with Crippen molar-refractivity contribution in [3.8, 4) is 6.07 Å². The number of nitriles is 1. The van der Waals surface area contributed by atoms with E-state index in [-0.39, 0.29) is 5.91 Å². The Hall–Kier alpha value is -3.65. The van der Waals surface area contributed by atoms with Gasteiger partial charge in [0.15, 0.2) is 0 Å². The highest BCUT2D eigenvalue weighted by molar-refractivity contribution is 6.04. The molecule has 1 aromatic heterocycles. The maximum absolute atomic E-state index is 12.4. The van der Waals surface area contributed by atoms with E-state index in [0.717, 1.165) is 16.9 Å². The maximum atomic E-state index is 12.4. The fourth-order valence-electron chi connectivity index (χ4n) is 2.33. The van der Waals surface area contributed by atoms with E-state index >= 15 is 0 Å². The van der Waals surface area contributed by atoms with Gasteiger partial charge in [-0.1, -0.05) is 18.2 Å². The van der Waals surface area contributed by atoms with E-state index in [1.807, 2.05) is 37.3 Å². The van der Waals surface area contributed by atoms with Crippen molar-refractivity contribution in [3.63, 3.8) is 0 Å². The number of aromatic nitrogens is 1. The number of nitrogens with one attached hydrogen (secondary N) is 2. The predicted molar refractivity (Wildman–Crippen MR) is 97.8 cm³/mol. The number of carbonyl (C=O) groups excluding carboxylic acids is 1. The molecular weight excluding hydrogens is 312 g/mol. The molecule has 5 heteroatoms. The molecule has 0 unspecified atom stereocenters. The van der Waals surface area contributed by atoms with Crippen LogP contribution in [0.3, 0.4) is 0 Å². The van der Waals surface area contributed by atoms with Gasteiger partial charge in [0.1, 0.15) is 0 Å². The summed E-state index contributed by atoms with van der Waals surface area (Å²) in [6.45, 7) is 2.01. The number of benzene rings is 2. The van der Waals surface area contributed by atoms with Crippen molar-refractivity contribution in [2.75, 3.05) is 10.6 Å². The van der Waals surface area contributed by atoms with Crippen LogP contribution in [0.2, 0.25) is 0 Å². The lowest BCUT2D eigenvalue weighted by molar-refractivity contribution is 0.102. The number of pyridine rings is 1. The number of hydrogen-bond acceptors (Lipinski definition) is 4. The number of carbonyl (C=O) groups is 1. The van der Waals surface area contributed by atoms with Gasteiger partial charge in [-0.05, 0) is 48.9 Å². The van der Waals surface area contributed by atoms with Gasteiger partial charge in [0, 0.05) is 17.6 Å². The smallest absolute Gasteiger partial charge is 0.257 e. The zero-order valence-electron chi connectivity index (χ0n) is 13.7. The fourth-order valence-corrected chi connectivity index (χ4v) is 2.33. The van der Waals surface area contributed by atoms with Gasteiger partial charge >= 0.3 is 0 Å². The number of rotatable bonds is 4. The second kappa shape index (κ2) is 7.28. The molecule has 0 radical (unpaired) electrons. The molecule has 3 aromatic rings. The summed E-state index contributed by atoms with van der Waals surface area (Å²) < 4.78 is 0. The molecule has 2 N–H and O–H groups in total. The molecule has 122 valence electrons. The Bertz CT molecular complexity index is 942. The minimum atomic E-state index is -0.259. The molecule has 0 atom stereocenters. The predicted octanol–water partition coefficient (Wildman–Crippen LogP) is 4.26. The quantitative estimate of drug-likeness (QED) is 0.750. The van der Waals surface area contributed by atoms with Crippen LogP contribution in [0.1, 0.15) is 21.5 Å². The van der Waals surface area contributed by atoms with E-state index in [0.29, 0.717) is 16.8 Å². The van der Waals surface area contributed by atoms with Crippen molar-refractivity contribution < 1.29 is 4.79 Å². The van der Waals surface area contributed by atoms with Crippen molar-refractivity contribution >= 4 is 23.0 Å². The standard InChI is InChI=1S/C20H16N4O/c1-14-4-2-3-5-19(14)23-18-10-16(12-22-13-18)20(25)24-17-8-6-15(11-21)7-9-17/h2-10,12-13,23H,1H3,(H,24,25). The largest absolute Gasteiger partial charge is 0.354 e. The summed E-state index contributed by atoms with van der Waals surface area (Å²) in [5, 5.41) is 14.9. The van der Waals surface area contributed by atoms with Crippen LogP contribution in [-0.4, -0.2) is 10.9 Å². The van der Waals surface area contributed by atoms with Crippen molar-refractivity contribution in [1.29, 1.82) is 5.26 Å². The summed E-state index contributed by atoms with van der Waals surface area (Å²) in [4.78, 5) is 16.5. The molecule has 0 aliphatic carbocycles. The highest BCUT2D eigenvalue weighted by atomic mass is 16.1. The number of para-hydroxylation sites is 1. The maximum Gasteiger partial charge on any atom is 0.257 e. The minimum absolute atomic E-state index is 0.259. The molecule has 0 bridgehead atoms. The summed E-state index contributed by atoms with van der Waals surface area (Å²) in [6, 6.07) is 18.4. The van der Waals surface area contributed by atoms with Crippen LogP contribution in [0.15, 0.2) is 67.0 Å². The monoisotopic (exact) mass is 328 g/mol. The molecule has 0 saturated carbocycles. The van der Waals surface area contributed by atoms with Gasteiger partial charge in [0.25, 0.3) is 5.91 Å². The van der Waals surface area contributed by atoms with Crippen LogP contribution in [-0.2, 0) is 0 Å². The first kappa shape index (κ1) is 16.2. The van der Waals surface area contributed by atoms with Crippen molar-refractivity contribution in [2.45, 2.75) is 6.92 Å². The molecule has 0 aliphatic rings. The van der Waals surface area contributed by atoms with Gasteiger partial charge in [-0.15, -0.1) is 0 Å². The lowest BCUT2D eigenvalue weighted by atomic mass is 10.2. The summed E-state index contributed by atoms with van der Waals surface area (Å²) >= 11 is 0. The molecule has 3 rings (SSSR count). The van der Waals surface area contributed by atoms with Gasteiger partial charge < -0.3 is 10.6 Å². The topological polar surface area (TPSA) is 77.8 Å². The molecule has 0 saturated heterocycles. The third-order valence-electron chi connectivity index (χ3n) is 3.70. The number of aryl methyl sites for hydroxylation is 1. The summed E-state index contributed by atoms with van der Waals surface area (Å²) in [6.07, 6.45) is 3.19. The first-order valence-electron chi connectivity index (χ1n) is 7.75. The molecule has 0 aliphatic heterocycles. The molecular formula is C20H16N4O. The average Bonchev–Trinajstić information content (AvgIpc) is 2.64. The average molecular weight is 328 g/mol. The fraction of sp³-hybridized carbons (Fsp3) is 0.0500.